The van der Waals surface area contributed by atoms with E-state index in [1.807, 2.05) is 0 Å². The van der Waals surface area contributed by atoms with Crippen molar-refractivity contribution in [2.45, 2.75) is 38.6 Å². The number of nitrogens with two attached hydrogens (primary N) is 1. The Morgan fingerprint density at radius 1 is 1.43 bits per heavy atom. The highest BCUT2D eigenvalue weighted by Crippen LogP contribution is 2.07. The molecule has 0 spiro atoms. The fourth-order valence-corrected chi connectivity index (χ4v) is 2.19. The average molecular weight is 191 g/mol. The second-order valence-electron chi connectivity index (χ2n) is 4.25. The molecule has 0 radical (unpaired) electrons. The van der Waals surface area contributed by atoms with Crippen LogP contribution in [0.25, 0.3) is 0 Å². The maximum Gasteiger partial charge on any atom is 0.0915 e. The topological polar surface area (TPSA) is 29.5 Å². The summed E-state index contributed by atoms with van der Waals surface area (Å²) in [4.78, 5) is 4.55. The van der Waals surface area contributed by atoms with E-state index in [4.69, 9.17) is 0 Å². The SMILES string of the molecule is Cc1cccc(C[C@H]2CCCC[NH2+]2)n1. The van der Waals surface area contributed by atoms with E-state index in [9.17, 15) is 0 Å². The van der Waals surface area contributed by atoms with Crippen LogP contribution < -0.4 is 5.32 Å². The maximum atomic E-state index is 4.55. The molecule has 1 aliphatic rings. The molecule has 2 N–H and O–H groups in total. The minimum atomic E-state index is 0.776. The summed E-state index contributed by atoms with van der Waals surface area (Å²) in [5.74, 6) is 0. The summed E-state index contributed by atoms with van der Waals surface area (Å²) < 4.78 is 0. The first-order valence-electron chi connectivity index (χ1n) is 5.60. The van der Waals surface area contributed by atoms with Crippen LogP contribution in [0, 0.1) is 6.92 Å². The van der Waals surface area contributed by atoms with Gasteiger partial charge < -0.3 is 5.32 Å². The van der Waals surface area contributed by atoms with Gasteiger partial charge in [-0.1, -0.05) is 6.07 Å². The van der Waals surface area contributed by atoms with E-state index in [-0.39, 0.29) is 0 Å². The van der Waals surface area contributed by atoms with Crippen molar-refractivity contribution in [2.75, 3.05) is 6.54 Å². The smallest absolute Gasteiger partial charge is 0.0915 e. The summed E-state index contributed by atoms with van der Waals surface area (Å²) in [5.41, 5.74) is 2.39. The van der Waals surface area contributed by atoms with Gasteiger partial charge in [0.05, 0.1) is 12.6 Å². The number of aromatic nitrogens is 1. The van der Waals surface area contributed by atoms with Gasteiger partial charge in [0.15, 0.2) is 0 Å². The predicted molar refractivity (Wildman–Crippen MR) is 57.1 cm³/mol. The van der Waals surface area contributed by atoms with Crippen LogP contribution in [-0.4, -0.2) is 17.6 Å². The molecule has 0 amide bonds. The second kappa shape index (κ2) is 4.56. The number of hydrogen-bond acceptors (Lipinski definition) is 1. The minimum Gasteiger partial charge on any atom is -0.343 e. The molecule has 1 atom stereocenters. The Morgan fingerprint density at radius 2 is 2.36 bits per heavy atom. The number of quaternary nitrogens is 1. The van der Waals surface area contributed by atoms with Crippen molar-refractivity contribution < 1.29 is 5.32 Å². The van der Waals surface area contributed by atoms with Gasteiger partial charge in [-0.2, -0.15) is 0 Å². The summed E-state index contributed by atoms with van der Waals surface area (Å²) in [5, 5.41) is 2.48. The van der Waals surface area contributed by atoms with Crippen molar-refractivity contribution in [1.29, 1.82) is 0 Å². The molecule has 1 fully saturated rings. The van der Waals surface area contributed by atoms with Crippen LogP contribution in [0.15, 0.2) is 18.2 Å². The van der Waals surface area contributed by atoms with Crippen LogP contribution in [-0.2, 0) is 6.42 Å². The Labute approximate surface area is 85.7 Å². The first-order chi connectivity index (χ1) is 6.84. The summed E-state index contributed by atoms with van der Waals surface area (Å²) in [6, 6.07) is 7.10. The third-order valence-corrected chi connectivity index (χ3v) is 2.95. The summed E-state index contributed by atoms with van der Waals surface area (Å²) in [6.07, 6.45) is 5.28. The molecule has 2 heteroatoms. The monoisotopic (exact) mass is 191 g/mol. The van der Waals surface area contributed by atoms with Gasteiger partial charge in [-0.25, -0.2) is 0 Å². The van der Waals surface area contributed by atoms with Crippen LogP contribution in [0.4, 0.5) is 0 Å². The van der Waals surface area contributed by atoms with Gasteiger partial charge in [-0.05, 0) is 38.3 Å². The van der Waals surface area contributed by atoms with E-state index in [1.165, 1.54) is 31.5 Å². The fourth-order valence-electron chi connectivity index (χ4n) is 2.19. The van der Waals surface area contributed by atoms with Crippen LogP contribution in [0.5, 0.6) is 0 Å². The van der Waals surface area contributed by atoms with Crippen molar-refractivity contribution in [3.8, 4) is 0 Å². The summed E-state index contributed by atoms with van der Waals surface area (Å²) in [7, 11) is 0. The molecule has 2 heterocycles. The van der Waals surface area contributed by atoms with E-state index >= 15 is 0 Å². The molecule has 0 aliphatic carbocycles. The highest BCUT2D eigenvalue weighted by molar-refractivity contribution is 5.10. The Hall–Kier alpha value is -0.890. The first kappa shape index (κ1) is 9.66. The van der Waals surface area contributed by atoms with Crippen LogP contribution in [0.3, 0.4) is 0 Å². The predicted octanol–water partition coefficient (Wildman–Crippen LogP) is 1.05. The lowest BCUT2D eigenvalue weighted by Gasteiger charge is -2.19. The molecule has 76 valence electrons. The highest BCUT2D eigenvalue weighted by atomic mass is 14.9. The molecule has 2 rings (SSSR count). The fraction of sp³-hybridized carbons (Fsp3) is 0.583. The van der Waals surface area contributed by atoms with Crippen molar-refractivity contribution in [2.24, 2.45) is 0 Å². The average Bonchev–Trinajstić information content (AvgIpc) is 2.19. The van der Waals surface area contributed by atoms with Gasteiger partial charge >= 0.3 is 0 Å². The van der Waals surface area contributed by atoms with Gasteiger partial charge in [-0.3, -0.25) is 4.98 Å². The van der Waals surface area contributed by atoms with Crippen molar-refractivity contribution in [1.82, 2.24) is 4.98 Å². The van der Waals surface area contributed by atoms with Crippen molar-refractivity contribution in [3.05, 3.63) is 29.6 Å². The quantitative estimate of drug-likeness (QED) is 0.744. The molecule has 2 nitrogen and oxygen atoms in total. The molecule has 1 aromatic heterocycles. The zero-order valence-electron chi connectivity index (χ0n) is 8.87. The van der Waals surface area contributed by atoms with Gasteiger partial charge in [0.25, 0.3) is 0 Å². The number of rotatable bonds is 2. The largest absolute Gasteiger partial charge is 0.343 e. The zero-order chi connectivity index (χ0) is 9.80. The van der Waals surface area contributed by atoms with Gasteiger partial charge in [0.2, 0.25) is 0 Å². The van der Waals surface area contributed by atoms with Crippen molar-refractivity contribution >= 4 is 0 Å². The van der Waals surface area contributed by atoms with Crippen LogP contribution in [0.1, 0.15) is 30.7 Å². The number of aryl methyl sites for hydroxylation is 1. The Bertz CT molecular complexity index is 290. The van der Waals surface area contributed by atoms with E-state index in [2.05, 4.69) is 35.4 Å². The molecular formula is C12H19N2+. The van der Waals surface area contributed by atoms with Gasteiger partial charge in [0.1, 0.15) is 0 Å². The Morgan fingerprint density at radius 3 is 3.07 bits per heavy atom. The second-order valence-corrected chi connectivity index (χ2v) is 4.25. The molecule has 0 unspecified atom stereocenters. The lowest BCUT2D eigenvalue weighted by atomic mass is 10.0. The Balaban J connectivity index is 1.95. The zero-order valence-corrected chi connectivity index (χ0v) is 8.87. The summed E-state index contributed by atoms with van der Waals surface area (Å²) in [6.45, 7) is 3.37. The summed E-state index contributed by atoms with van der Waals surface area (Å²) >= 11 is 0. The molecule has 0 aromatic carbocycles. The lowest BCUT2D eigenvalue weighted by molar-refractivity contribution is -0.697. The third-order valence-electron chi connectivity index (χ3n) is 2.95. The molecule has 14 heavy (non-hydrogen) atoms. The lowest BCUT2D eigenvalue weighted by Crippen LogP contribution is -2.91. The number of pyridine rings is 1. The first-order valence-corrected chi connectivity index (χ1v) is 5.60. The highest BCUT2D eigenvalue weighted by Gasteiger charge is 2.16. The third kappa shape index (κ3) is 2.55. The molecule has 0 bridgehead atoms. The van der Waals surface area contributed by atoms with E-state index in [0.29, 0.717) is 0 Å². The van der Waals surface area contributed by atoms with Crippen LogP contribution >= 0.6 is 0 Å². The van der Waals surface area contributed by atoms with Gasteiger partial charge in [0, 0.05) is 17.8 Å². The molecular weight excluding hydrogens is 172 g/mol. The maximum absolute atomic E-state index is 4.55. The van der Waals surface area contributed by atoms with Crippen molar-refractivity contribution in [3.63, 3.8) is 0 Å². The van der Waals surface area contributed by atoms with E-state index in [1.54, 1.807) is 0 Å². The normalized spacial score (nSPS) is 22.2. The van der Waals surface area contributed by atoms with E-state index in [0.717, 1.165) is 18.2 Å². The number of piperidine rings is 1. The Kier molecular flexibility index (Phi) is 3.14. The number of hydrogen-bond donors (Lipinski definition) is 1. The molecule has 0 saturated carbocycles. The van der Waals surface area contributed by atoms with E-state index < -0.39 is 0 Å². The molecule has 1 saturated heterocycles. The standard InChI is InChI=1S/C12H18N2/c1-10-5-4-7-12(14-10)9-11-6-2-3-8-13-11/h4-5,7,11,13H,2-3,6,8-9H2,1H3/p+1/t11-/m1/s1. The minimum absolute atomic E-state index is 0.776. The molecule has 1 aliphatic heterocycles. The van der Waals surface area contributed by atoms with Gasteiger partial charge in [-0.15, -0.1) is 0 Å². The van der Waals surface area contributed by atoms with Crippen LogP contribution in [0.2, 0.25) is 0 Å². The number of nitrogens with zero attached hydrogens (tertiary/aromatic N) is 1. The molecule has 1 aromatic rings.